The van der Waals surface area contributed by atoms with E-state index >= 15 is 0 Å². The van der Waals surface area contributed by atoms with Crippen molar-refractivity contribution in [3.63, 3.8) is 0 Å². The van der Waals surface area contributed by atoms with Crippen LogP contribution >= 0.6 is 12.4 Å². The summed E-state index contributed by atoms with van der Waals surface area (Å²) in [7, 11) is 1.68. The van der Waals surface area contributed by atoms with E-state index in [1.165, 1.54) is 4.90 Å². The average molecular weight is 321 g/mol. The van der Waals surface area contributed by atoms with Crippen LogP contribution in [0.5, 0.6) is 0 Å². The van der Waals surface area contributed by atoms with Crippen molar-refractivity contribution in [3.8, 4) is 0 Å². The molecule has 0 radical (unpaired) electrons. The van der Waals surface area contributed by atoms with Crippen molar-refractivity contribution < 1.29 is 9.59 Å². The Morgan fingerprint density at radius 2 is 2.14 bits per heavy atom. The van der Waals surface area contributed by atoms with Gasteiger partial charge in [-0.15, -0.1) is 12.4 Å². The molecule has 1 saturated heterocycles. The van der Waals surface area contributed by atoms with Gasteiger partial charge in [0.25, 0.3) is 0 Å². The van der Waals surface area contributed by atoms with E-state index in [2.05, 4.69) is 10.2 Å². The van der Waals surface area contributed by atoms with Crippen molar-refractivity contribution in [1.82, 2.24) is 15.1 Å². The maximum Gasteiger partial charge on any atom is 0.239 e. The molecule has 0 aromatic heterocycles. The summed E-state index contributed by atoms with van der Waals surface area (Å²) in [6, 6.07) is 0. The van der Waals surface area contributed by atoms with Crippen LogP contribution in [0.15, 0.2) is 0 Å². The maximum absolute atomic E-state index is 12.1. The second-order valence-corrected chi connectivity index (χ2v) is 5.58. The quantitative estimate of drug-likeness (QED) is 0.695. The molecule has 1 aliphatic heterocycles. The van der Waals surface area contributed by atoms with Gasteiger partial charge in [-0.3, -0.25) is 14.5 Å². The Balaban J connectivity index is 0.00000400. The Morgan fingerprint density at radius 3 is 2.76 bits per heavy atom. The lowest BCUT2D eigenvalue weighted by atomic mass is 9.98. The fourth-order valence-corrected chi connectivity index (χ4v) is 2.42. The van der Waals surface area contributed by atoms with Crippen LogP contribution in [0.25, 0.3) is 0 Å². The van der Waals surface area contributed by atoms with Crippen LogP contribution < -0.4 is 11.1 Å². The van der Waals surface area contributed by atoms with Crippen LogP contribution in [0.4, 0.5) is 0 Å². The molecule has 1 heterocycles. The SMILES string of the molecule is CCCNC(=O)CN(C)C(=O)CN1CCCC(CN)C1.Cl. The summed E-state index contributed by atoms with van der Waals surface area (Å²) in [5.41, 5.74) is 5.69. The third kappa shape index (κ3) is 7.64. The lowest BCUT2D eigenvalue weighted by Crippen LogP contribution is -2.46. The lowest BCUT2D eigenvalue weighted by molar-refractivity contribution is -0.135. The molecular formula is C14H29ClN4O2. The number of likely N-dealkylation sites (tertiary alicyclic amines) is 1. The summed E-state index contributed by atoms with van der Waals surface area (Å²) in [4.78, 5) is 27.3. The van der Waals surface area contributed by atoms with Crippen molar-refractivity contribution >= 4 is 24.2 Å². The molecule has 1 rings (SSSR count). The highest BCUT2D eigenvalue weighted by atomic mass is 35.5. The first-order valence-corrected chi connectivity index (χ1v) is 7.49. The first-order valence-electron chi connectivity index (χ1n) is 7.49. The second kappa shape index (κ2) is 10.8. The summed E-state index contributed by atoms with van der Waals surface area (Å²) in [5.74, 6) is 0.394. The second-order valence-electron chi connectivity index (χ2n) is 5.58. The van der Waals surface area contributed by atoms with E-state index in [9.17, 15) is 9.59 Å². The van der Waals surface area contributed by atoms with E-state index in [-0.39, 0.29) is 30.8 Å². The number of halogens is 1. The van der Waals surface area contributed by atoms with Crippen LogP contribution in [0.3, 0.4) is 0 Å². The molecule has 3 N–H and O–H groups in total. The van der Waals surface area contributed by atoms with E-state index in [0.29, 0.717) is 25.6 Å². The topological polar surface area (TPSA) is 78.7 Å². The summed E-state index contributed by atoms with van der Waals surface area (Å²) in [6.45, 7) is 5.68. The Labute approximate surface area is 133 Å². The van der Waals surface area contributed by atoms with Gasteiger partial charge in [-0.25, -0.2) is 0 Å². The molecule has 0 saturated carbocycles. The molecule has 124 valence electrons. The predicted octanol–water partition coefficient (Wildman–Crippen LogP) is 0.0635. The Morgan fingerprint density at radius 1 is 1.43 bits per heavy atom. The van der Waals surface area contributed by atoms with Gasteiger partial charge in [-0.1, -0.05) is 6.92 Å². The van der Waals surface area contributed by atoms with Crippen molar-refractivity contribution in [3.05, 3.63) is 0 Å². The third-order valence-corrected chi connectivity index (χ3v) is 3.67. The molecule has 21 heavy (non-hydrogen) atoms. The van der Waals surface area contributed by atoms with Crippen molar-refractivity contribution in [2.75, 3.05) is 46.3 Å². The molecule has 1 aliphatic rings. The summed E-state index contributed by atoms with van der Waals surface area (Å²) < 4.78 is 0. The van der Waals surface area contributed by atoms with E-state index in [1.807, 2.05) is 6.92 Å². The van der Waals surface area contributed by atoms with Crippen LogP contribution in [0.1, 0.15) is 26.2 Å². The van der Waals surface area contributed by atoms with E-state index in [4.69, 9.17) is 5.73 Å². The van der Waals surface area contributed by atoms with Crippen molar-refractivity contribution in [2.45, 2.75) is 26.2 Å². The molecule has 2 amide bonds. The van der Waals surface area contributed by atoms with Gasteiger partial charge in [0, 0.05) is 20.1 Å². The number of nitrogens with two attached hydrogens (primary N) is 1. The number of nitrogens with zero attached hydrogens (tertiary/aromatic N) is 2. The summed E-state index contributed by atoms with van der Waals surface area (Å²) in [5, 5.41) is 2.77. The molecule has 0 aromatic rings. The van der Waals surface area contributed by atoms with Gasteiger partial charge < -0.3 is 16.0 Å². The Hall–Kier alpha value is -0.850. The van der Waals surface area contributed by atoms with Crippen LogP contribution in [0.2, 0.25) is 0 Å². The average Bonchev–Trinajstić information content (AvgIpc) is 2.45. The predicted molar refractivity (Wildman–Crippen MR) is 86.4 cm³/mol. The number of rotatable bonds is 7. The normalized spacial score (nSPS) is 18.7. The third-order valence-electron chi connectivity index (χ3n) is 3.67. The molecule has 1 fully saturated rings. The Bertz CT molecular complexity index is 328. The number of likely N-dealkylation sites (N-methyl/N-ethyl adjacent to an activating group) is 1. The van der Waals surface area contributed by atoms with Crippen molar-refractivity contribution in [2.24, 2.45) is 11.7 Å². The van der Waals surface area contributed by atoms with Crippen molar-refractivity contribution in [1.29, 1.82) is 0 Å². The molecule has 1 atom stereocenters. The van der Waals surface area contributed by atoms with Crippen LogP contribution in [0, 0.1) is 5.92 Å². The fourth-order valence-electron chi connectivity index (χ4n) is 2.42. The van der Waals surface area contributed by atoms with E-state index < -0.39 is 0 Å². The lowest BCUT2D eigenvalue weighted by Gasteiger charge is -2.32. The van der Waals surface area contributed by atoms with Crippen LogP contribution in [-0.4, -0.2) is 67.9 Å². The minimum absolute atomic E-state index is 0. The number of amides is 2. The van der Waals surface area contributed by atoms with E-state index in [0.717, 1.165) is 32.4 Å². The van der Waals surface area contributed by atoms with Gasteiger partial charge in [0.2, 0.25) is 11.8 Å². The molecule has 7 heteroatoms. The summed E-state index contributed by atoms with van der Waals surface area (Å²) >= 11 is 0. The van der Waals surface area contributed by atoms with Gasteiger partial charge in [-0.05, 0) is 38.3 Å². The smallest absolute Gasteiger partial charge is 0.239 e. The minimum Gasteiger partial charge on any atom is -0.355 e. The highest BCUT2D eigenvalue weighted by Crippen LogP contribution is 2.14. The zero-order valence-corrected chi connectivity index (χ0v) is 14.0. The number of hydrogen-bond donors (Lipinski definition) is 2. The first kappa shape index (κ1) is 20.1. The van der Waals surface area contributed by atoms with Gasteiger partial charge in [-0.2, -0.15) is 0 Å². The fraction of sp³-hybridized carbons (Fsp3) is 0.857. The zero-order chi connectivity index (χ0) is 15.0. The van der Waals surface area contributed by atoms with Gasteiger partial charge in [0.05, 0.1) is 13.1 Å². The Kier molecular flexibility index (Phi) is 10.4. The zero-order valence-electron chi connectivity index (χ0n) is 13.1. The standard InChI is InChI=1S/C14H28N4O2.ClH/c1-3-6-16-13(19)10-17(2)14(20)11-18-7-4-5-12(8-15)9-18;/h12H,3-11,15H2,1-2H3,(H,16,19);1H. The van der Waals surface area contributed by atoms with Gasteiger partial charge >= 0.3 is 0 Å². The number of carbonyl (C=O) groups is 2. The minimum atomic E-state index is -0.0961. The molecule has 0 bridgehead atoms. The number of carbonyl (C=O) groups excluding carboxylic acids is 2. The monoisotopic (exact) mass is 320 g/mol. The van der Waals surface area contributed by atoms with Crippen LogP contribution in [-0.2, 0) is 9.59 Å². The molecule has 0 spiro atoms. The number of nitrogens with one attached hydrogen (secondary N) is 1. The summed E-state index contributed by atoms with van der Waals surface area (Å²) in [6.07, 6.45) is 3.14. The maximum atomic E-state index is 12.1. The molecular weight excluding hydrogens is 292 g/mol. The first-order chi connectivity index (χ1) is 9.56. The number of piperidine rings is 1. The van der Waals surface area contributed by atoms with E-state index in [1.54, 1.807) is 7.05 Å². The van der Waals surface area contributed by atoms with Gasteiger partial charge in [0.15, 0.2) is 0 Å². The largest absolute Gasteiger partial charge is 0.355 e. The number of hydrogen-bond acceptors (Lipinski definition) is 4. The highest BCUT2D eigenvalue weighted by Gasteiger charge is 2.22. The molecule has 6 nitrogen and oxygen atoms in total. The molecule has 0 aromatic carbocycles. The van der Waals surface area contributed by atoms with Gasteiger partial charge in [0.1, 0.15) is 0 Å². The molecule has 1 unspecified atom stereocenters. The highest BCUT2D eigenvalue weighted by molar-refractivity contribution is 5.85. The molecule has 0 aliphatic carbocycles.